The Labute approximate surface area is 174 Å². The average molecular weight is 414 g/mol. The van der Waals surface area contributed by atoms with Crippen molar-refractivity contribution in [2.45, 2.75) is 56.6 Å². The Kier molecular flexibility index (Phi) is 4.76. The van der Waals surface area contributed by atoms with Gasteiger partial charge in [0.2, 0.25) is 11.1 Å². The van der Waals surface area contributed by atoms with Crippen LogP contribution in [-0.4, -0.2) is 43.0 Å². The lowest BCUT2D eigenvalue weighted by Gasteiger charge is -2.59. The van der Waals surface area contributed by atoms with Gasteiger partial charge in [0, 0.05) is 6.04 Å². The third kappa shape index (κ3) is 3.63. The Hall–Kier alpha value is -2.09. The molecule has 2 N–H and O–H groups in total. The van der Waals surface area contributed by atoms with E-state index in [4.69, 9.17) is 0 Å². The standard InChI is InChI=1S/C21H27N5O2S/c1-13(21-9-14-6-15(10-21)8-16(7-14)11-21)22-19(28)12-29-20-23-24-25-26(20)17-2-4-18(27)5-3-17/h2-5,13-16,27H,6-12H2,1H3,(H,22,28)/t13-,14?,15?,16?,21?/m0/s1. The number of hydrogen-bond donors (Lipinski definition) is 2. The molecule has 0 unspecified atom stereocenters. The lowest BCUT2D eigenvalue weighted by Crippen LogP contribution is -2.56. The number of carbonyl (C=O) groups excluding carboxylic acids is 1. The van der Waals surface area contributed by atoms with Crippen molar-refractivity contribution in [2.75, 3.05) is 5.75 Å². The van der Waals surface area contributed by atoms with Crippen LogP contribution in [0.2, 0.25) is 0 Å². The van der Waals surface area contributed by atoms with Gasteiger partial charge in [-0.2, -0.15) is 4.68 Å². The van der Waals surface area contributed by atoms with Gasteiger partial charge in [-0.15, -0.1) is 5.10 Å². The topological polar surface area (TPSA) is 92.9 Å². The number of hydrogen-bond acceptors (Lipinski definition) is 6. The SMILES string of the molecule is C[C@H](NC(=O)CSc1nnnn1-c1ccc(O)cc1)C12CC3CC(CC(C3)C1)C2. The first-order valence-electron chi connectivity index (χ1n) is 10.5. The predicted octanol–water partition coefficient (Wildman–Crippen LogP) is 3.18. The lowest BCUT2D eigenvalue weighted by molar-refractivity contribution is -0.123. The Morgan fingerprint density at radius 3 is 2.45 bits per heavy atom. The summed E-state index contributed by atoms with van der Waals surface area (Å²) in [5.41, 5.74) is 1.06. The molecule has 1 aromatic carbocycles. The van der Waals surface area contributed by atoms with Crippen LogP contribution < -0.4 is 5.32 Å². The summed E-state index contributed by atoms with van der Waals surface area (Å²) in [6.07, 6.45) is 8.09. The third-order valence-electron chi connectivity index (χ3n) is 7.25. The number of thioether (sulfide) groups is 1. The molecule has 1 atom stereocenters. The second-order valence-corrected chi connectivity index (χ2v) is 10.2. The highest BCUT2D eigenvalue weighted by molar-refractivity contribution is 7.99. The van der Waals surface area contributed by atoms with E-state index in [1.165, 1.54) is 50.3 Å². The van der Waals surface area contributed by atoms with E-state index in [2.05, 4.69) is 27.8 Å². The number of nitrogens with one attached hydrogen (secondary N) is 1. The number of phenolic OH excluding ortho intramolecular Hbond substituents is 1. The van der Waals surface area contributed by atoms with Crippen LogP contribution in [0.15, 0.2) is 29.4 Å². The van der Waals surface area contributed by atoms with Gasteiger partial charge < -0.3 is 10.4 Å². The van der Waals surface area contributed by atoms with Gasteiger partial charge in [-0.25, -0.2) is 0 Å². The van der Waals surface area contributed by atoms with E-state index in [0.29, 0.717) is 10.6 Å². The van der Waals surface area contributed by atoms with E-state index in [1.807, 2.05) is 0 Å². The van der Waals surface area contributed by atoms with E-state index in [9.17, 15) is 9.90 Å². The first kappa shape index (κ1) is 18.9. The highest BCUT2D eigenvalue weighted by Gasteiger charge is 2.53. The highest BCUT2D eigenvalue weighted by Crippen LogP contribution is 2.61. The van der Waals surface area contributed by atoms with Crippen LogP contribution in [0.4, 0.5) is 0 Å². The number of carbonyl (C=O) groups is 1. The van der Waals surface area contributed by atoms with Gasteiger partial charge in [-0.3, -0.25) is 4.79 Å². The van der Waals surface area contributed by atoms with Crippen molar-refractivity contribution in [3.63, 3.8) is 0 Å². The van der Waals surface area contributed by atoms with E-state index >= 15 is 0 Å². The zero-order valence-electron chi connectivity index (χ0n) is 16.6. The van der Waals surface area contributed by atoms with E-state index in [0.717, 1.165) is 23.4 Å². The van der Waals surface area contributed by atoms with Crippen molar-refractivity contribution in [1.29, 1.82) is 0 Å². The molecule has 2 aromatic rings. The fourth-order valence-corrected chi connectivity index (χ4v) is 7.00. The first-order valence-corrected chi connectivity index (χ1v) is 11.5. The fraction of sp³-hybridized carbons (Fsp3) is 0.619. The Morgan fingerprint density at radius 1 is 1.21 bits per heavy atom. The van der Waals surface area contributed by atoms with Crippen LogP contribution >= 0.6 is 11.8 Å². The number of phenols is 1. The molecule has 1 aromatic heterocycles. The molecule has 1 amide bonds. The monoisotopic (exact) mass is 413 g/mol. The van der Waals surface area contributed by atoms with Crippen LogP contribution in [-0.2, 0) is 4.79 Å². The zero-order chi connectivity index (χ0) is 20.0. The summed E-state index contributed by atoms with van der Waals surface area (Å²) < 4.78 is 1.58. The van der Waals surface area contributed by atoms with E-state index < -0.39 is 0 Å². The maximum absolute atomic E-state index is 12.7. The van der Waals surface area contributed by atoms with Crippen LogP contribution in [0, 0.1) is 23.2 Å². The van der Waals surface area contributed by atoms with Gasteiger partial charge >= 0.3 is 0 Å². The molecule has 8 heteroatoms. The van der Waals surface area contributed by atoms with Gasteiger partial charge in [0.1, 0.15) is 5.75 Å². The zero-order valence-corrected chi connectivity index (χ0v) is 17.4. The summed E-state index contributed by atoms with van der Waals surface area (Å²) in [5.74, 6) is 3.15. The van der Waals surface area contributed by atoms with Crippen LogP contribution in [0.25, 0.3) is 5.69 Å². The van der Waals surface area contributed by atoms with E-state index in [-0.39, 0.29) is 23.5 Å². The molecule has 4 saturated carbocycles. The molecule has 1 heterocycles. The average Bonchev–Trinajstić information content (AvgIpc) is 3.14. The van der Waals surface area contributed by atoms with Gasteiger partial charge in [0.05, 0.1) is 11.4 Å². The maximum atomic E-state index is 12.7. The van der Waals surface area contributed by atoms with Crippen LogP contribution in [0.5, 0.6) is 5.75 Å². The van der Waals surface area contributed by atoms with Crippen molar-refractivity contribution in [3.05, 3.63) is 24.3 Å². The number of benzene rings is 1. The number of amides is 1. The molecule has 0 spiro atoms. The second kappa shape index (κ2) is 7.31. The molecule has 29 heavy (non-hydrogen) atoms. The summed E-state index contributed by atoms with van der Waals surface area (Å²) in [6.45, 7) is 2.20. The molecule has 154 valence electrons. The smallest absolute Gasteiger partial charge is 0.230 e. The summed E-state index contributed by atoms with van der Waals surface area (Å²) in [5, 5.41) is 25.1. The molecule has 6 rings (SSSR count). The molecule has 7 nitrogen and oxygen atoms in total. The van der Waals surface area contributed by atoms with Crippen molar-refractivity contribution in [3.8, 4) is 11.4 Å². The molecule has 4 bridgehead atoms. The fourth-order valence-electron chi connectivity index (χ4n) is 6.30. The van der Waals surface area contributed by atoms with Gasteiger partial charge in [-0.05, 0) is 103 Å². The Morgan fingerprint density at radius 2 is 1.83 bits per heavy atom. The molecular weight excluding hydrogens is 386 g/mol. The largest absolute Gasteiger partial charge is 0.508 e. The minimum atomic E-state index is 0.0403. The molecule has 4 aliphatic rings. The number of tetrazole rings is 1. The second-order valence-electron chi connectivity index (χ2n) is 9.25. The molecule has 0 aliphatic heterocycles. The molecule has 0 saturated heterocycles. The van der Waals surface area contributed by atoms with Crippen molar-refractivity contribution in [1.82, 2.24) is 25.5 Å². The number of aromatic nitrogens is 4. The minimum Gasteiger partial charge on any atom is -0.508 e. The highest BCUT2D eigenvalue weighted by atomic mass is 32.2. The first-order chi connectivity index (χ1) is 14.0. The van der Waals surface area contributed by atoms with E-state index in [1.54, 1.807) is 28.9 Å². The summed E-state index contributed by atoms with van der Waals surface area (Å²) in [4.78, 5) is 12.7. The Bertz CT molecular complexity index is 861. The van der Waals surface area contributed by atoms with Crippen molar-refractivity contribution < 1.29 is 9.90 Å². The third-order valence-corrected chi connectivity index (χ3v) is 8.17. The summed E-state index contributed by atoms with van der Waals surface area (Å²) >= 11 is 1.33. The van der Waals surface area contributed by atoms with Crippen LogP contribution in [0.3, 0.4) is 0 Å². The normalized spacial score (nSPS) is 31.0. The Balaban J connectivity index is 1.20. The number of rotatable bonds is 6. The predicted molar refractivity (Wildman–Crippen MR) is 110 cm³/mol. The van der Waals surface area contributed by atoms with Crippen molar-refractivity contribution in [2.24, 2.45) is 23.2 Å². The molecular formula is C21H27N5O2S. The minimum absolute atomic E-state index is 0.0403. The summed E-state index contributed by atoms with van der Waals surface area (Å²) in [6, 6.07) is 6.88. The number of nitrogens with zero attached hydrogens (tertiary/aromatic N) is 4. The number of aromatic hydroxyl groups is 1. The van der Waals surface area contributed by atoms with Gasteiger partial charge in [-0.1, -0.05) is 11.8 Å². The molecule has 4 aliphatic carbocycles. The maximum Gasteiger partial charge on any atom is 0.230 e. The van der Waals surface area contributed by atoms with Gasteiger partial charge in [0.25, 0.3) is 0 Å². The molecule has 4 fully saturated rings. The quantitative estimate of drug-likeness (QED) is 0.707. The summed E-state index contributed by atoms with van der Waals surface area (Å²) in [7, 11) is 0. The van der Waals surface area contributed by atoms with Crippen LogP contribution in [0.1, 0.15) is 45.4 Å². The molecule has 0 radical (unpaired) electrons. The van der Waals surface area contributed by atoms with Gasteiger partial charge in [0.15, 0.2) is 0 Å². The van der Waals surface area contributed by atoms with Crippen molar-refractivity contribution >= 4 is 17.7 Å². The lowest BCUT2D eigenvalue weighted by atomic mass is 9.48.